The predicted octanol–water partition coefficient (Wildman–Crippen LogP) is 5.38. The number of anilines is 1. The number of benzene rings is 3. The monoisotopic (exact) mass is 538 g/mol. The smallest absolute Gasteiger partial charge is 0.338 e. The summed E-state index contributed by atoms with van der Waals surface area (Å²) in [6.45, 7) is 1.52. The molecule has 0 bridgehead atoms. The first-order valence-corrected chi connectivity index (χ1v) is 12.8. The van der Waals surface area contributed by atoms with Gasteiger partial charge in [-0.1, -0.05) is 36.0 Å². The highest BCUT2D eigenvalue weighted by molar-refractivity contribution is 8.03. The van der Waals surface area contributed by atoms with Crippen molar-refractivity contribution in [2.45, 2.75) is 18.4 Å². The number of para-hydroxylation sites is 1. The zero-order valence-electron chi connectivity index (χ0n) is 21.1. The number of hydrogen-bond acceptors (Lipinski definition) is 9. The second kappa shape index (κ2) is 10.9. The fraction of sp³-hybridized carbons (Fsp3) is 0.133. The third-order valence-electron chi connectivity index (χ3n) is 6.19. The molecule has 0 unspecified atom stereocenters. The Balaban J connectivity index is 1.19. The molecule has 0 atom stereocenters. The highest BCUT2D eigenvalue weighted by Crippen LogP contribution is 2.46. The summed E-state index contributed by atoms with van der Waals surface area (Å²) in [7, 11) is 1.79. The van der Waals surface area contributed by atoms with Crippen LogP contribution >= 0.6 is 11.8 Å². The average molecular weight is 539 g/mol. The van der Waals surface area contributed by atoms with Gasteiger partial charge in [-0.2, -0.15) is 5.26 Å². The summed E-state index contributed by atoms with van der Waals surface area (Å²) in [5, 5.41) is 11.0. The minimum atomic E-state index is -0.672. The van der Waals surface area contributed by atoms with E-state index in [0.717, 1.165) is 27.1 Å². The lowest BCUT2D eigenvalue weighted by Crippen LogP contribution is -2.20. The topological polar surface area (TPSA) is 110 Å². The van der Waals surface area contributed by atoms with Crippen LogP contribution in [-0.4, -0.2) is 25.4 Å². The molecule has 0 saturated heterocycles. The van der Waals surface area contributed by atoms with Crippen molar-refractivity contribution in [2.24, 2.45) is 0 Å². The van der Waals surface area contributed by atoms with Gasteiger partial charge in [0, 0.05) is 29.5 Å². The molecule has 194 valence electrons. The maximum absolute atomic E-state index is 12.7. The molecular formula is C30H22N2O6S. The first kappa shape index (κ1) is 25.8. The third-order valence-corrected chi connectivity index (χ3v) is 7.43. The molecule has 0 spiro atoms. The fourth-order valence-electron chi connectivity index (χ4n) is 4.14. The molecule has 1 aliphatic rings. The van der Waals surface area contributed by atoms with Crippen LogP contribution in [0.2, 0.25) is 0 Å². The Labute approximate surface area is 228 Å². The van der Waals surface area contributed by atoms with Crippen molar-refractivity contribution in [1.82, 2.24) is 0 Å². The number of ketones is 1. The third kappa shape index (κ3) is 5.42. The summed E-state index contributed by atoms with van der Waals surface area (Å²) in [5.41, 5.74) is 2.77. The summed E-state index contributed by atoms with van der Waals surface area (Å²) in [6, 6.07) is 22.9. The Morgan fingerprint density at radius 1 is 1.05 bits per heavy atom. The molecule has 9 heteroatoms. The second-order valence-corrected chi connectivity index (χ2v) is 9.84. The second-order valence-electron chi connectivity index (χ2n) is 8.81. The lowest BCUT2D eigenvalue weighted by Gasteiger charge is -2.14. The van der Waals surface area contributed by atoms with Gasteiger partial charge in [-0.15, -0.1) is 0 Å². The van der Waals surface area contributed by atoms with Gasteiger partial charge in [0.25, 0.3) is 0 Å². The summed E-state index contributed by atoms with van der Waals surface area (Å²) < 4.78 is 16.3. The average Bonchev–Trinajstić information content (AvgIpc) is 3.27. The number of carbonyl (C=O) groups is 2. The van der Waals surface area contributed by atoms with E-state index >= 15 is 0 Å². The van der Waals surface area contributed by atoms with Crippen LogP contribution < -0.4 is 15.3 Å². The molecule has 4 aromatic rings. The Hall–Kier alpha value is -4.81. The van der Waals surface area contributed by atoms with E-state index in [1.165, 1.54) is 17.8 Å². The molecule has 0 radical (unpaired) electrons. The number of rotatable bonds is 7. The quantitative estimate of drug-likeness (QED) is 0.132. The van der Waals surface area contributed by atoms with Gasteiger partial charge in [0.2, 0.25) is 5.78 Å². The lowest BCUT2D eigenvalue weighted by atomic mass is 10.1. The van der Waals surface area contributed by atoms with Crippen LogP contribution in [-0.2, 0) is 16.1 Å². The largest absolute Gasteiger partial charge is 0.489 e. The van der Waals surface area contributed by atoms with E-state index in [-0.39, 0.29) is 17.7 Å². The van der Waals surface area contributed by atoms with Crippen molar-refractivity contribution in [1.29, 1.82) is 5.26 Å². The molecular weight excluding hydrogens is 516 g/mol. The number of hydrogen-bond donors (Lipinski definition) is 0. The maximum atomic E-state index is 12.7. The van der Waals surface area contributed by atoms with Crippen molar-refractivity contribution in [3.8, 4) is 11.8 Å². The lowest BCUT2D eigenvalue weighted by molar-refractivity contribution is -0.118. The standard InChI is InChI=1S/C30H22N2O6S/c1-18-13-28(34)38-26-14-21(11-12-22(18)26)36-16-19-7-9-20(10-8-19)30(35)37-17-25(33)23(15-31)29-32(2)24-5-3-4-6-27(24)39-29/h3-14H,16-17H2,1-2H3/b29-23-. The minimum absolute atomic E-state index is 0.0536. The van der Waals surface area contributed by atoms with Crippen molar-refractivity contribution in [3.05, 3.63) is 111 Å². The molecule has 2 heterocycles. The van der Waals surface area contributed by atoms with Crippen LogP contribution in [0.4, 0.5) is 5.69 Å². The van der Waals surface area contributed by atoms with Crippen LogP contribution in [0.1, 0.15) is 21.5 Å². The maximum Gasteiger partial charge on any atom is 0.338 e. The summed E-state index contributed by atoms with van der Waals surface area (Å²) >= 11 is 1.33. The Morgan fingerprint density at radius 2 is 1.82 bits per heavy atom. The van der Waals surface area contributed by atoms with Crippen molar-refractivity contribution in [3.63, 3.8) is 0 Å². The molecule has 0 fully saturated rings. The van der Waals surface area contributed by atoms with E-state index in [9.17, 15) is 19.6 Å². The number of nitrogens with zero attached hydrogens (tertiary/aromatic N) is 2. The van der Waals surface area contributed by atoms with Crippen LogP contribution in [0.15, 0.2) is 97.5 Å². The molecule has 1 aromatic heterocycles. The first-order chi connectivity index (χ1) is 18.8. The number of esters is 1. The normalized spacial score (nSPS) is 13.5. The van der Waals surface area contributed by atoms with E-state index in [1.54, 1.807) is 48.3 Å². The first-order valence-electron chi connectivity index (χ1n) is 12.0. The Bertz CT molecular complexity index is 1730. The van der Waals surface area contributed by atoms with E-state index in [2.05, 4.69) is 0 Å². The molecule has 0 aliphatic carbocycles. The van der Waals surface area contributed by atoms with Gasteiger partial charge in [-0.25, -0.2) is 9.59 Å². The number of aryl methyl sites for hydroxylation is 1. The van der Waals surface area contributed by atoms with Crippen LogP contribution in [0.5, 0.6) is 5.75 Å². The Kier molecular flexibility index (Phi) is 7.21. The van der Waals surface area contributed by atoms with Gasteiger partial charge in [0.05, 0.1) is 11.3 Å². The summed E-state index contributed by atoms with van der Waals surface area (Å²) in [4.78, 5) is 39.7. The van der Waals surface area contributed by atoms with E-state index in [4.69, 9.17) is 13.9 Å². The fourth-order valence-corrected chi connectivity index (χ4v) is 5.30. The molecule has 5 rings (SSSR count). The van der Waals surface area contributed by atoms with E-state index in [1.807, 2.05) is 43.3 Å². The van der Waals surface area contributed by atoms with Crippen LogP contribution in [0, 0.1) is 18.3 Å². The van der Waals surface area contributed by atoms with Gasteiger partial charge < -0.3 is 18.8 Å². The molecule has 0 amide bonds. The number of ether oxygens (including phenoxy) is 2. The Morgan fingerprint density at radius 3 is 2.56 bits per heavy atom. The zero-order valence-corrected chi connectivity index (χ0v) is 21.9. The summed E-state index contributed by atoms with van der Waals surface area (Å²) in [6.07, 6.45) is 0. The molecule has 0 N–H and O–H groups in total. The van der Waals surface area contributed by atoms with Crippen LogP contribution in [0.25, 0.3) is 11.0 Å². The van der Waals surface area contributed by atoms with Crippen molar-refractivity contribution < 1.29 is 23.5 Å². The summed E-state index contributed by atoms with van der Waals surface area (Å²) in [5.74, 6) is -0.706. The number of nitriles is 1. The van der Waals surface area contributed by atoms with Gasteiger partial charge in [0.1, 0.15) is 34.6 Å². The highest BCUT2D eigenvalue weighted by Gasteiger charge is 2.28. The van der Waals surface area contributed by atoms with Crippen molar-refractivity contribution >= 4 is 40.2 Å². The molecule has 1 aliphatic heterocycles. The van der Waals surface area contributed by atoms with Crippen LogP contribution in [0.3, 0.4) is 0 Å². The predicted molar refractivity (Wildman–Crippen MR) is 147 cm³/mol. The van der Waals surface area contributed by atoms with E-state index < -0.39 is 24.0 Å². The molecule has 0 saturated carbocycles. The zero-order chi connectivity index (χ0) is 27.5. The van der Waals surface area contributed by atoms with Gasteiger partial charge in [-0.3, -0.25) is 4.79 Å². The minimum Gasteiger partial charge on any atom is -0.489 e. The number of carbonyl (C=O) groups excluding carboxylic acids is 2. The SMILES string of the molecule is Cc1cc(=O)oc2cc(OCc3ccc(C(=O)OCC(=O)/C(C#N)=C4\Sc5ccccc5N4C)cc3)ccc12. The number of thioether (sulfide) groups is 1. The molecule has 3 aromatic carbocycles. The molecule has 8 nitrogen and oxygen atoms in total. The van der Waals surface area contributed by atoms with Crippen molar-refractivity contribution in [2.75, 3.05) is 18.6 Å². The van der Waals surface area contributed by atoms with Gasteiger partial charge >= 0.3 is 11.6 Å². The molecule has 39 heavy (non-hydrogen) atoms. The van der Waals surface area contributed by atoms with Gasteiger partial charge in [-0.05, 0) is 54.4 Å². The highest BCUT2D eigenvalue weighted by atomic mass is 32.2. The number of fused-ring (bicyclic) bond motifs is 2. The van der Waals surface area contributed by atoms with Gasteiger partial charge in [0.15, 0.2) is 6.61 Å². The number of Topliss-reactive ketones (excluding diaryl/α,β-unsaturated/α-hetero) is 1. The van der Waals surface area contributed by atoms with E-state index in [0.29, 0.717) is 16.4 Å².